The number of sulfonamides is 1. The summed E-state index contributed by atoms with van der Waals surface area (Å²) in [7, 11) is -0.851. The van der Waals surface area contributed by atoms with Gasteiger partial charge in [0.1, 0.15) is 0 Å². The molecule has 0 saturated carbocycles. The van der Waals surface area contributed by atoms with E-state index in [1.165, 1.54) is 26.4 Å². The molecule has 0 aliphatic heterocycles. The number of benzene rings is 2. The molecule has 1 N–H and O–H groups in total. The Kier molecular flexibility index (Phi) is 5.13. The normalized spacial score (nSPS) is 11.2. The first-order valence-corrected chi connectivity index (χ1v) is 9.32. The van der Waals surface area contributed by atoms with Gasteiger partial charge in [0.05, 0.1) is 25.7 Å². The molecule has 3 rings (SSSR count). The summed E-state index contributed by atoms with van der Waals surface area (Å²) in [5.74, 6) is 1.04. The number of methoxy groups -OCH3 is 2. The molecule has 0 amide bonds. The van der Waals surface area contributed by atoms with E-state index in [2.05, 4.69) is 9.82 Å². The number of anilines is 1. The molecule has 7 nitrogen and oxygen atoms in total. The molecule has 0 unspecified atom stereocenters. The summed E-state index contributed by atoms with van der Waals surface area (Å²) in [5.41, 5.74) is 1.07. The lowest BCUT2D eigenvalue weighted by molar-refractivity contribution is 0.354. The Balaban J connectivity index is 1.78. The van der Waals surface area contributed by atoms with E-state index in [4.69, 9.17) is 9.47 Å². The molecular formula is C18H19N3O4S. The lowest BCUT2D eigenvalue weighted by Crippen LogP contribution is -2.14. The van der Waals surface area contributed by atoms with Gasteiger partial charge in [0.25, 0.3) is 10.0 Å². The third-order valence-corrected chi connectivity index (χ3v) is 5.08. The fourth-order valence-corrected chi connectivity index (χ4v) is 3.47. The Morgan fingerprint density at radius 2 is 1.73 bits per heavy atom. The van der Waals surface area contributed by atoms with Crippen LogP contribution in [-0.4, -0.2) is 32.4 Å². The minimum Gasteiger partial charge on any atom is -0.493 e. The second kappa shape index (κ2) is 7.49. The van der Waals surface area contributed by atoms with Gasteiger partial charge in [0, 0.05) is 18.3 Å². The van der Waals surface area contributed by atoms with Gasteiger partial charge >= 0.3 is 0 Å². The van der Waals surface area contributed by atoms with Crippen LogP contribution in [0.25, 0.3) is 0 Å². The molecule has 0 radical (unpaired) electrons. The van der Waals surface area contributed by atoms with Gasteiger partial charge in [-0.1, -0.05) is 30.3 Å². The van der Waals surface area contributed by atoms with Crippen molar-refractivity contribution in [2.24, 2.45) is 0 Å². The molecule has 2 aromatic carbocycles. The predicted molar refractivity (Wildman–Crippen MR) is 98.1 cm³/mol. The molecule has 0 aliphatic rings. The van der Waals surface area contributed by atoms with Gasteiger partial charge < -0.3 is 9.47 Å². The zero-order valence-corrected chi connectivity index (χ0v) is 15.2. The highest BCUT2D eigenvalue weighted by atomic mass is 32.2. The molecule has 1 heterocycles. The lowest BCUT2D eigenvalue weighted by Gasteiger charge is -2.10. The Bertz CT molecular complexity index is 985. The van der Waals surface area contributed by atoms with Crippen LogP contribution < -0.4 is 14.2 Å². The van der Waals surface area contributed by atoms with Crippen LogP contribution in [0.4, 0.5) is 5.82 Å². The van der Waals surface area contributed by atoms with Crippen molar-refractivity contribution in [1.82, 2.24) is 9.78 Å². The van der Waals surface area contributed by atoms with E-state index >= 15 is 0 Å². The van der Waals surface area contributed by atoms with E-state index in [0.29, 0.717) is 18.0 Å². The maximum absolute atomic E-state index is 12.6. The molecular weight excluding hydrogens is 354 g/mol. The second-order valence-corrected chi connectivity index (χ2v) is 7.19. The Hall–Kier alpha value is -3.00. The number of hydrogen-bond donors (Lipinski definition) is 1. The fourth-order valence-electron chi connectivity index (χ4n) is 2.45. The van der Waals surface area contributed by atoms with Crippen LogP contribution in [0.1, 0.15) is 5.56 Å². The first kappa shape index (κ1) is 17.8. The predicted octanol–water partition coefficient (Wildman–Crippen LogP) is 2.75. The standard InChI is InChI=1S/C18H19N3O4S/c1-24-16-9-8-15(12-17(16)25-2)26(22,23)20-18-10-11-21(19-18)13-14-6-4-3-5-7-14/h3-12H,13H2,1-2H3,(H,19,20). The van der Waals surface area contributed by atoms with Crippen LogP contribution >= 0.6 is 0 Å². The van der Waals surface area contributed by atoms with Gasteiger partial charge in [0.15, 0.2) is 17.3 Å². The quantitative estimate of drug-likeness (QED) is 0.689. The third-order valence-electron chi connectivity index (χ3n) is 3.73. The summed E-state index contributed by atoms with van der Waals surface area (Å²) in [6, 6.07) is 15.8. The molecule has 1 aromatic heterocycles. The number of nitrogens with one attached hydrogen (secondary N) is 1. The largest absolute Gasteiger partial charge is 0.493 e. The summed E-state index contributed by atoms with van der Waals surface area (Å²) < 4.78 is 39.6. The van der Waals surface area contributed by atoms with Crippen molar-refractivity contribution < 1.29 is 17.9 Å². The van der Waals surface area contributed by atoms with E-state index in [1.807, 2.05) is 30.3 Å². The number of rotatable bonds is 7. The fraction of sp³-hybridized carbons (Fsp3) is 0.167. The summed E-state index contributed by atoms with van der Waals surface area (Å²) in [6.07, 6.45) is 1.72. The van der Waals surface area contributed by atoms with E-state index in [-0.39, 0.29) is 10.7 Å². The first-order chi connectivity index (χ1) is 12.5. The third kappa shape index (κ3) is 3.97. The molecule has 0 bridgehead atoms. The van der Waals surface area contributed by atoms with Gasteiger partial charge in [-0.25, -0.2) is 8.42 Å². The molecule has 3 aromatic rings. The molecule has 0 fully saturated rings. The van der Waals surface area contributed by atoms with Crippen LogP contribution in [0.15, 0.2) is 65.7 Å². The minimum atomic E-state index is -3.79. The summed E-state index contributed by atoms with van der Waals surface area (Å²) in [5, 5.41) is 4.26. The highest BCUT2D eigenvalue weighted by Crippen LogP contribution is 2.30. The first-order valence-electron chi connectivity index (χ1n) is 7.84. The zero-order valence-electron chi connectivity index (χ0n) is 14.4. The van der Waals surface area contributed by atoms with Gasteiger partial charge in [0.2, 0.25) is 0 Å². The van der Waals surface area contributed by atoms with Gasteiger partial charge in [-0.05, 0) is 17.7 Å². The van der Waals surface area contributed by atoms with Gasteiger partial charge in [-0.15, -0.1) is 0 Å². The summed E-state index contributed by atoms with van der Waals surface area (Å²) in [4.78, 5) is 0.0627. The molecule has 0 aliphatic carbocycles. The van der Waals surface area contributed by atoms with Gasteiger partial charge in [-0.2, -0.15) is 5.10 Å². The zero-order chi connectivity index (χ0) is 18.6. The highest BCUT2D eigenvalue weighted by molar-refractivity contribution is 7.92. The number of aromatic nitrogens is 2. The van der Waals surface area contributed by atoms with Crippen LogP contribution in [-0.2, 0) is 16.6 Å². The number of nitrogens with zero attached hydrogens (tertiary/aromatic N) is 2. The van der Waals surface area contributed by atoms with Crippen LogP contribution in [0.5, 0.6) is 11.5 Å². The second-order valence-electron chi connectivity index (χ2n) is 5.51. The van der Waals surface area contributed by atoms with Crippen LogP contribution in [0.2, 0.25) is 0 Å². The van der Waals surface area contributed by atoms with Crippen molar-refractivity contribution in [2.75, 3.05) is 18.9 Å². The molecule has 8 heteroatoms. The molecule has 136 valence electrons. The monoisotopic (exact) mass is 373 g/mol. The van der Waals surface area contributed by atoms with Crippen LogP contribution in [0.3, 0.4) is 0 Å². The van der Waals surface area contributed by atoms with Crippen molar-refractivity contribution in [1.29, 1.82) is 0 Å². The van der Waals surface area contributed by atoms with Crippen molar-refractivity contribution in [3.63, 3.8) is 0 Å². The average molecular weight is 373 g/mol. The highest BCUT2D eigenvalue weighted by Gasteiger charge is 2.18. The van der Waals surface area contributed by atoms with E-state index in [0.717, 1.165) is 5.56 Å². The molecule has 0 spiro atoms. The SMILES string of the molecule is COc1ccc(S(=O)(=O)Nc2ccn(Cc3ccccc3)n2)cc1OC. The Morgan fingerprint density at radius 3 is 2.42 bits per heavy atom. The molecule has 0 saturated heterocycles. The number of ether oxygens (including phenoxy) is 2. The summed E-state index contributed by atoms with van der Waals surface area (Å²) >= 11 is 0. The Labute approximate surface area is 152 Å². The van der Waals surface area contributed by atoms with Crippen molar-refractivity contribution >= 4 is 15.8 Å². The average Bonchev–Trinajstić information content (AvgIpc) is 3.08. The minimum absolute atomic E-state index is 0.0627. The van der Waals surface area contributed by atoms with Crippen molar-refractivity contribution in [3.05, 3.63) is 66.4 Å². The van der Waals surface area contributed by atoms with E-state index < -0.39 is 10.0 Å². The Morgan fingerprint density at radius 1 is 1.00 bits per heavy atom. The topological polar surface area (TPSA) is 82.5 Å². The van der Waals surface area contributed by atoms with Crippen molar-refractivity contribution in [2.45, 2.75) is 11.4 Å². The maximum Gasteiger partial charge on any atom is 0.263 e. The molecule has 0 atom stereocenters. The lowest BCUT2D eigenvalue weighted by atomic mass is 10.2. The smallest absolute Gasteiger partial charge is 0.263 e. The molecule has 26 heavy (non-hydrogen) atoms. The van der Waals surface area contributed by atoms with E-state index in [9.17, 15) is 8.42 Å². The maximum atomic E-state index is 12.6. The number of hydrogen-bond acceptors (Lipinski definition) is 5. The van der Waals surface area contributed by atoms with Gasteiger partial charge in [-0.3, -0.25) is 9.40 Å². The van der Waals surface area contributed by atoms with Crippen molar-refractivity contribution in [3.8, 4) is 11.5 Å². The summed E-state index contributed by atoms with van der Waals surface area (Å²) in [6.45, 7) is 0.554. The van der Waals surface area contributed by atoms with E-state index in [1.54, 1.807) is 23.0 Å². The van der Waals surface area contributed by atoms with Crippen LogP contribution in [0, 0.1) is 0 Å².